The Labute approximate surface area is 152 Å². The Kier molecular flexibility index (Phi) is 9.46. The van der Waals surface area contributed by atoms with Crippen molar-refractivity contribution in [2.45, 2.75) is 44.2 Å². The molecule has 0 radical (unpaired) electrons. The molecule has 1 aromatic carbocycles. The molecule has 8 heteroatoms. The summed E-state index contributed by atoms with van der Waals surface area (Å²) >= 11 is 0. The first-order valence-corrected chi connectivity index (χ1v) is 8.43. The third-order valence-corrected chi connectivity index (χ3v) is 4.11. The highest BCUT2D eigenvalue weighted by Crippen LogP contribution is 2.28. The van der Waals surface area contributed by atoms with E-state index in [1.165, 1.54) is 18.4 Å². The lowest BCUT2D eigenvalue weighted by Gasteiger charge is -2.28. The number of hydrogen-bond acceptors (Lipinski definition) is 6. The summed E-state index contributed by atoms with van der Waals surface area (Å²) in [5.41, 5.74) is 7.27. The predicted molar refractivity (Wildman–Crippen MR) is 94.7 cm³/mol. The smallest absolute Gasteiger partial charge is 0.414 e. The Bertz CT molecular complexity index is 579. The van der Waals surface area contributed by atoms with E-state index in [1.807, 2.05) is 18.2 Å². The second-order valence-electron chi connectivity index (χ2n) is 5.91. The molecule has 0 bridgehead atoms. The maximum Gasteiger partial charge on any atom is 0.414 e. The first-order chi connectivity index (χ1) is 12.4. The maximum atomic E-state index is 9.10. The number of aliphatic carboxylic acids is 2. The molecule has 146 valence electrons. The van der Waals surface area contributed by atoms with Gasteiger partial charge in [-0.1, -0.05) is 18.9 Å². The summed E-state index contributed by atoms with van der Waals surface area (Å²) < 4.78 is 16.5. The molecule has 2 atom stereocenters. The van der Waals surface area contributed by atoms with E-state index in [4.69, 9.17) is 39.7 Å². The molecule has 8 nitrogen and oxygen atoms in total. The van der Waals surface area contributed by atoms with Crippen molar-refractivity contribution in [3.8, 4) is 11.5 Å². The highest BCUT2D eigenvalue weighted by Gasteiger charge is 2.22. The van der Waals surface area contributed by atoms with Crippen LogP contribution < -0.4 is 15.2 Å². The van der Waals surface area contributed by atoms with Gasteiger partial charge in [-0.05, 0) is 37.0 Å². The van der Waals surface area contributed by atoms with Crippen LogP contribution in [0, 0.1) is 0 Å². The molecule has 26 heavy (non-hydrogen) atoms. The summed E-state index contributed by atoms with van der Waals surface area (Å²) in [5, 5.41) is 14.8. The molecule has 1 aliphatic rings. The zero-order chi connectivity index (χ0) is 19.5. The molecule has 2 unspecified atom stereocenters. The lowest BCUT2D eigenvalue weighted by Crippen LogP contribution is -2.39. The number of methoxy groups -OCH3 is 2. The SMILES string of the molecule is COc1ccc(CCOC2CCCCC2N)cc1OC.O=C(O)C(=O)O. The van der Waals surface area contributed by atoms with Crippen LogP contribution in [0.1, 0.15) is 31.2 Å². The first-order valence-electron chi connectivity index (χ1n) is 8.43. The van der Waals surface area contributed by atoms with E-state index < -0.39 is 11.9 Å². The predicted octanol–water partition coefficient (Wildman–Crippen LogP) is 1.69. The molecule has 0 spiro atoms. The quantitative estimate of drug-likeness (QED) is 0.646. The van der Waals surface area contributed by atoms with Gasteiger partial charge in [-0.2, -0.15) is 0 Å². The van der Waals surface area contributed by atoms with Gasteiger partial charge in [0.1, 0.15) is 0 Å². The van der Waals surface area contributed by atoms with Crippen molar-refractivity contribution < 1.29 is 34.0 Å². The number of carboxylic acid groups (broad SMARTS) is 2. The van der Waals surface area contributed by atoms with Crippen LogP contribution in [0.15, 0.2) is 18.2 Å². The number of ether oxygens (including phenoxy) is 3. The summed E-state index contributed by atoms with van der Waals surface area (Å²) in [6, 6.07) is 6.18. The third kappa shape index (κ3) is 7.28. The average Bonchev–Trinajstić information content (AvgIpc) is 2.63. The minimum Gasteiger partial charge on any atom is -0.493 e. The second kappa shape index (κ2) is 11.3. The van der Waals surface area contributed by atoms with E-state index in [9.17, 15) is 0 Å². The molecule has 0 aromatic heterocycles. The Hall–Kier alpha value is -2.32. The van der Waals surface area contributed by atoms with Crippen LogP contribution in [0.25, 0.3) is 0 Å². The second-order valence-corrected chi connectivity index (χ2v) is 5.91. The van der Waals surface area contributed by atoms with Crippen molar-refractivity contribution in [2.24, 2.45) is 5.73 Å². The van der Waals surface area contributed by atoms with Crippen molar-refractivity contribution in [2.75, 3.05) is 20.8 Å². The van der Waals surface area contributed by atoms with Crippen molar-refractivity contribution >= 4 is 11.9 Å². The van der Waals surface area contributed by atoms with Crippen molar-refractivity contribution in [1.82, 2.24) is 0 Å². The Morgan fingerprint density at radius 1 is 1.08 bits per heavy atom. The summed E-state index contributed by atoms with van der Waals surface area (Å²) in [5.74, 6) is -2.13. The van der Waals surface area contributed by atoms with Gasteiger partial charge in [-0.15, -0.1) is 0 Å². The molecule has 0 aliphatic heterocycles. The van der Waals surface area contributed by atoms with Crippen LogP contribution in [0.2, 0.25) is 0 Å². The fraction of sp³-hybridized carbons (Fsp3) is 0.556. The number of carboxylic acids is 2. The normalized spacial score (nSPS) is 19.0. The molecule has 1 aliphatic carbocycles. The van der Waals surface area contributed by atoms with Gasteiger partial charge in [-0.25, -0.2) is 9.59 Å². The van der Waals surface area contributed by atoms with E-state index >= 15 is 0 Å². The van der Waals surface area contributed by atoms with Gasteiger partial charge in [0.2, 0.25) is 0 Å². The standard InChI is InChI=1S/C16H25NO3.C2H2O4/c1-18-15-8-7-12(11-16(15)19-2)9-10-20-14-6-4-3-5-13(14)17;3-1(4)2(5)6/h7-8,11,13-14H,3-6,9-10,17H2,1-2H3;(H,3,4)(H,5,6). The lowest BCUT2D eigenvalue weighted by molar-refractivity contribution is -0.159. The summed E-state index contributed by atoms with van der Waals surface area (Å²) in [4.78, 5) is 18.2. The third-order valence-electron chi connectivity index (χ3n) is 4.11. The van der Waals surface area contributed by atoms with Crippen LogP contribution in [0.5, 0.6) is 11.5 Å². The molecule has 1 aromatic rings. The molecule has 0 heterocycles. The molecular formula is C18H27NO7. The van der Waals surface area contributed by atoms with Crippen molar-refractivity contribution in [1.29, 1.82) is 0 Å². The maximum absolute atomic E-state index is 9.10. The van der Waals surface area contributed by atoms with Crippen LogP contribution in [-0.2, 0) is 20.7 Å². The zero-order valence-corrected chi connectivity index (χ0v) is 15.1. The van der Waals surface area contributed by atoms with Crippen LogP contribution in [0.3, 0.4) is 0 Å². The molecule has 0 amide bonds. The molecule has 2 rings (SSSR count). The van der Waals surface area contributed by atoms with Gasteiger partial charge >= 0.3 is 11.9 Å². The van der Waals surface area contributed by atoms with Crippen molar-refractivity contribution in [3.63, 3.8) is 0 Å². The van der Waals surface area contributed by atoms with E-state index in [-0.39, 0.29) is 12.1 Å². The summed E-state index contributed by atoms with van der Waals surface area (Å²) in [6.07, 6.45) is 5.73. The number of rotatable bonds is 6. The monoisotopic (exact) mass is 369 g/mol. The molecule has 1 fully saturated rings. The average molecular weight is 369 g/mol. The van der Waals surface area contributed by atoms with E-state index in [2.05, 4.69) is 0 Å². The lowest BCUT2D eigenvalue weighted by atomic mass is 9.93. The topological polar surface area (TPSA) is 128 Å². The van der Waals surface area contributed by atoms with Gasteiger partial charge in [0.15, 0.2) is 11.5 Å². The minimum atomic E-state index is -1.82. The Morgan fingerprint density at radius 2 is 1.69 bits per heavy atom. The fourth-order valence-corrected chi connectivity index (χ4v) is 2.70. The molecular weight excluding hydrogens is 342 g/mol. The van der Waals surface area contributed by atoms with Crippen molar-refractivity contribution in [3.05, 3.63) is 23.8 Å². The van der Waals surface area contributed by atoms with Crippen LogP contribution in [0.4, 0.5) is 0 Å². The number of benzene rings is 1. The summed E-state index contributed by atoms with van der Waals surface area (Å²) in [7, 11) is 3.30. The van der Waals surface area contributed by atoms with Gasteiger partial charge in [-0.3, -0.25) is 0 Å². The first kappa shape index (κ1) is 21.7. The van der Waals surface area contributed by atoms with E-state index in [0.717, 1.165) is 30.8 Å². The largest absolute Gasteiger partial charge is 0.493 e. The van der Waals surface area contributed by atoms with Gasteiger partial charge < -0.3 is 30.2 Å². The Morgan fingerprint density at radius 3 is 2.23 bits per heavy atom. The van der Waals surface area contributed by atoms with Crippen LogP contribution in [-0.4, -0.2) is 55.1 Å². The fourth-order valence-electron chi connectivity index (χ4n) is 2.70. The molecule has 1 saturated carbocycles. The van der Waals surface area contributed by atoms with Gasteiger partial charge in [0.05, 0.1) is 26.9 Å². The number of carbonyl (C=O) groups is 2. The molecule has 0 saturated heterocycles. The number of nitrogens with two attached hydrogens (primary N) is 1. The van der Waals surface area contributed by atoms with Gasteiger partial charge in [0, 0.05) is 6.04 Å². The van der Waals surface area contributed by atoms with Gasteiger partial charge in [0.25, 0.3) is 0 Å². The number of hydrogen-bond donors (Lipinski definition) is 3. The zero-order valence-electron chi connectivity index (χ0n) is 15.1. The highest BCUT2D eigenvalue weighted by atomic mass is 16.5. The highest BCUT2D eigenvalue weighted by molar-refractivity contribution is 6.27. The van der Waals surface area contributed by atoms with E-state index in [0.29, 0.717) is 6.61 Å². The minimum absolute atomic E-state index is 0.203. The van der Waals surface area contributed by atoms with E-state index in [1.54, 1.807) is 14.2 Å². The van der Waals surface area contributed by atoms with Crippen LogP contribution >= 0.6 is 0 Å². The Balaban J connectivity index is 0.000000487. The summed E-state index contributed by atoms with van der Waals surface area (Å²) in [6.45, 7) is 0.702. The molecule has 4 N–H and O–H groups in total.